The molecular weight excluding hydrogens is 430 g/mol. The molecule has 2 aliphatic rings. The number of hydrogen-bond acceptors (Lipinski definition) is 6. The van der Waals surface area contributed by atoms with Gasteiger partial charge < -0.3 is 19.9 Å². The molecule has 0 spiro atoms. The van der Waals surface area contributed by atoms with Gasteiger partial charge in [0.25, 0.3) is 11.8 Å². The Hall–Kier alpha value is -3.68. The van der Waals surface area contributed by atoms with Crippen molar-refractivity contribution in [1.82, 2.24) is 20.1 Å². The van der Waals surface area contributed by atoms with Crippen LogP contribution in [0.3, 0.4) is 0 Å². The second-order valence-corrected chi connectivity index (χ2v) is 8.85. The smallest absolute Gasteiger partial charge is 0.289 e. The maximum absolute atomic E-state index is 13.3. The van der Waals surface area contributed by atoms with Crippen molar-refractivity contribution in [3.05, 3.63) is 65.5 Å². The average molecular weight is 462 g/mol. The second kappa shape index (κ2) is 10.1. The number of nitrogens with zero attached hydrogens (tertiary/aromatic N) is 4. The highest BCUT2D eigenvalue weighted by Gasteiger charge is 2.37. The van der Waals surface area contributed by atoms with Crippen molar-refractivity contribution in [3.8, 4) is 5.88 Å². The third-order valence-electron chi connectivity index (χ3n) is 6.22. The number of nitrogens with one attached hydrogen (secondary N) is 1. The molecule has 1 N–H and O–H groups in total. The topological polar surface area (TPSA) is 87.1 Å². The van der Waals surface area contributed by atoms with E-state index in [0.717, 1.165) is 17.6 Å². The highest BCUT2D eigenvalue weighted by atomic mass is 16.5. The molecular formula is C26H31N5O3. The van der Waals surface area contributed by atoms with E-state index in [1.54, 1.807) is 28.0 Å². The summed E-state index contributed by atoms with van der Waals surface area (Å²) in [5, 5.41) is 3.14. The van der Waals surface area contributed by atoms with Gasteiger partial charge in [-0.2, -0.15) is 0 Å². The molecule has 8 heteroatoms. The number of carbonyl (C=O) groups is 2. The number of piperazine rings is 1. The van der Waals surface area contributed by atoms with Crippen molar-refractivity contribution in [2.45, 2.75) is 39.3 Å². The van der Waals surface area contributed by atoms with Crippen LogP contribution in [0.5, 0.6) is 5.88 Å². The number of aryl methyl sites for hydroxylation is 1. The molecule has 1 saturated heterocycles. The van der Waals surface area contributed by atoms with E-state index in [-0.39, 0.29) is 23.9 Å². The Balaban J connectivity index is 1.44. The lowest BCUT2D eigenvalue weighted by atomic mass is 10.0. The van der Waals surface area contributed by atoms with Gasteiger partial charge in [0.05, 0.1) is 7.11 Å². The Bertz CT molecular complexity index is 1130. The first-order valence-electron chi connectivity index (χ1n) is 11.6. The molecule has 2 amide bonds. The van der Waals surface area contributed by atoms with Crippen LogP contribution in [-0.4, -0.2) is 71.3 Å². The highest BCUT2D eigenvalue weighted by Crippen LogP contribution is 2.22. The Labute approximate surface area is 200 Å². The molecule has 1 aromatic heterocycles. The summed E-state index contributed by atoms with van der Waals surface area (Å²) < 4.78 is 5.15. The predicted molar refractivity (Wildman–Crippen MR) is 132 cm³/mol. The van der Waals surface area contributed by atoms with Gasteiger partial charge in [0, 0.05) is 44.0 Å². The minimum absolute atomic E-state index is 0.146. The quantitative estimate of drug-likeness (QED) is 0.757. The fraction of sp³-hybridized carbons (Fsp3) is 0.385. The molecule has 0 radical (unpaired) electrons. The molecule has 0 saturated carbocycles. The zero-order valence-electron chi connectivity index (χ0n) is 20.1. The van der Waals surface area contributed by atoms with E-state index in [1.165, 1.54) is 12.7 Å². The van der Waals surface area contributed by atoms with Crippen LogP contribution in [0.25, 0.3) is 5.57 Å². The maximum Gasteiger partial charge on any atom is 0.289 e. The first-order chi connectivity index (χ1) is 16.4. The normalized spacial score (nSPS) is 20.6. The van der Waals surface area contributed by atoms with Gasteiger partial charge in [0.15, 0.2) is 5.84 Å². The number of amidine groups is 1. The molecule has 8 nitrogen and oxygen atoms in total. The summed E-state index contributed by atoms with van der Waals surface area (Å²) in [6.45, 7) is 7.36. The molecule has 34 heavy (non-hydrogen) atoms. The lowest BCUT2D eigenvalue weighted by Gasteiger charge is -2.44. The predicted octanol–water partition coefficient (Wildman–Crippen LogP) is 2.89. The maximum atomic E-state index is 13.3. The van der Waals surface area contributed by atoms with Gasteiger partial charge in [0.2, 0.25) is 5.88 Å². The van der Waals surface area contributed by atoms with Gasteiger partial charge in [-0.1, -0.05) is 35.9 Å². The molecule has 2 aliphatic heterocycles. The Morgan fingerprint density at radius 2 is 1.79 bits per heavy atom. The third kappa shape index (κ3) is 4.95. The third-order valence-corrected chi connectivity index (χ3v) is 6.22. The van der Waals surface area contributed by atoms with Crippen molar-refractivity contribution in [2.75, 3.05) is 26.7 Å². The standard InChI is InChI=1S/C26H31N5O3/c1-17-7-5-8-20(13-17)21-11-12-27-24(28-14-21)26(33)30-15-18(2)31(19(3)16-30)25(32)22-9-6-10-23(29-22)34-4/h5-10,13-14,18-19H,11-12,15-16H2,1-4H3,(H,27,28). The van der Waals surface area contributed by atoms with Crippen LogP contribution >= 0.6 is 0 Å². The number of amides is 2. The van der Waals surface area contributed by atoms with E-state index >= 15 is 0 Å². The summed E-state index contributed by atoms with van der Waals surface area (Å²) in [6, 6.07) is 13.1. The summed E-state index contributed by atoms with van der Waals surface area (Å²) in [4.78, 5) is 38.8. The summed E-state index contributed by atoms with van der Waals surface area (Å²) in [5.74, 6) is 0.431. The first kappa shape index (κ1) is 23.5. The van der Waals surface area contributed by atoms with Crippen LogP contribution < -0.4 is 10.1 Å². The van der Waals surface area contributed by atoms with Crippen LogP contribution in [0.15, 0.2) is 53.7 Å². The Kier molecular flexibility index (Phi) is 6.95. The van der Waals surface area contributed by atoms with E-state index in [9.17, 15) is 9.59 Å². The number of hydrogen-bond donors (Lipinski definition) is 1. The summed E-state index contributed by atoms with van der Waals surface area (Å²) in [5.41, 5.74) is 3.79. The minimum Gasteiger partial charge on any atom is -0.481 e. The van der Waals surface area contributed by atoms with Gasteiger partial charge in [-0.3, -0.25) is 14.6 Å². The van der Waals surface area contributed by atoms with Crippen molar-refractivity contribution in [2.24, 2.45) is 4.99 Å². The van der Waals surface area contributed by atoms with Crippen LogP contribution in [-0.2, 0) is 4.79 Å². The van der Waals surface area contributed by atoms with Gasteiger partial charge in [-0.05, 0) is 44.4 Å². The lowest BCUT2D eigenvalue weighted by Crippen LogP contribution is -2.61. The van der Waals surface area contributed by atoms with E-state index in [1.807, 2.05) is 26.1 Å². The Morgan fingerprint density at radius 1 is 1.06 bits per heavy atom. The number of aliphatic imine (C=N–C) groups is 1. The molecule has 1 aromatic carbocycles. The van der Waals surface area contributed by atoms with E-state index in [0.29, 0.717) is 37.0 Å². The number of rotatable bonds is 4. The number of benzene rings is 1. The number of methoxy groups -OCH3 is 1. The van der Waals surface area contributed by atoms with Crippen LogP contribution in [0.2, 0.25) is 0 Å². The summed E-state index contributed by atoms with van der Waals surface area (Å²) >= 11 is 0. The SMILES string of the molecule is COc1cccc(C(=O)N2C(C)CN(C(=O)C3=NCCC(c4cccc(C)c4)=CN3)CC2C)n1. The molecule has 2 unspecified atom stereocenters. The van der Waals surface area contributed by atoms with E-state index in [4.69, 9.17) is 4.74 Å². The molecule has 0 aliphatic carbocycles. The number of pyridine rings is 1. The van der Waals surface area contributed by atoms with E-state index in [2.05, 4.69) is 40.4 Å². The number of ether oxygens (including phenoxy) is 1. The van der Waals surface area contributed by atoms with Crippen LogP contribution in [0.4, 0.5) is 0 Å². The minimum atomic E-state index is -0.169. The second-order valence-electron chi connectivity index (χ2n) is 8.85. The van der Waals surface area contributed by atoms with E-state index < -0.39 is 0 Å². The van der Waals surface area contributed by atoms with Gasteiger partial charge >= 0.3 is 0 Å². The number of carbonyl (C=O) groups excluding carboxylic acids is 2. The fourth-order valence-corrected chi connectivity index (χ4v) is 4.58. The average Bonchev–Trinajstić information content (AvgIpc) is 3.09. The number of aromatic nitrogens is 1. The molecule has 4 rings (SSSR count). The fourth-order valence-electron chi connectivity index (χ4n) is 4.58. The van der Waals surface area contributed by atoms with Crippen molar-refractivity contribution >= 4 is 23.2 Å². The zero-order valence-corrected chi connectivity index (χ0v) is 20.1. The summed E-state index contributed by atoms with van der Waals surface area (Å²) in [6.07, 6.45) is 2.65. The first-order valence-corrected chi connectivity index (χ1v) is 11.6. The molecule has 2 aromatic rings. The molecule has 0 bridgehead atoms. The summed E-state index contributed by atoms with van der Waals surface area (Å²) in [7, 11) is 1.52. The largest absolute Gasteiger partial charge is 0.481 e. The lowest BCUT2D eigenvalue weighted by molar-refractivity contribution is -0.127. The van der Waals surface area contributed by atoms with Crippen molar-refractivity contribution in [1.29, 1.82) is 0 Å². The van der Waals surface area contributed by atoms with Crippen LogP contribution in [0.1, 0.15) is 41.9 Å². The molecule has 1 fully saturated rings. The van der Waals surface area contributed by atoms with Crippen molar-refractivity contribution < 1.29 is 14.3 Å². The molecule has 178 valence electrons. The van der Waals surface area contributed by atoms with Crippen LogP contribution in [0, 0.1) is 6.92 Å². The highest BCUT2D eigenvalue weighted by molar-refractivity contribution is 6.38. The monoisotopic (exact) mass is 461 g/mol. The molecule has 2 atom stereocenters. The van der Waals surface area contributed by atoms with Gasteiger partial charge in [-0.15, -0.1) is 0 Å². The van der Waals surface area contributed by atoms with Gasteiger partial charge in [0.1, 0.15) is 5.69 Å². The van der Waals surface area contributed by atoms with Gasteiger partial charge in [-0.25, -0.2) is 4.98 Å². The molecule has 3 heterocycles. The Morgan fingerprint density at radius 3 is 2.50 bits per heavy atom. The zero-order chi connectivity index (χ0) is 24.2. The van der Waals surface area contributed by atoms with Crippen molar-refractivity contribution in [3.63, 3.8) is 0 Å².